The van der Waals surface area contributed by atoms with Gasteiger partial charge in [0.1, 0.15) is 5.03 Å². The van der Waals surface area contributed by atoms with E-state index in [0.29, 0.717) is 10.2 Å². The van der Waals surface area contributed by atoms with Crippen molar-refractivity contribution in [2.45, 2.75) is 24.0 Å². The molecule has 2 rings (SSSR count). The molecule has 3 N–H and O–H groups in total. The zero-order valence-electron chi connectivity index (χ0n) is 10.4. The fraction of sp³-hybridized carbons (Fsp3) is 0.167. The third kappa shape index (κ3) is 3.19. The van der Waals surface area contributed by atoms with Gasteiger partial charge in [-0.2, -0.15) is 0 Å². The number of pyridine rings is 1. The number of aromatic carboxylic acids is 1. The molecule has 2 aromatic heterocycles. The topological polar surface area (TPSA) is 102 Å². The van der Waals surface area contributed by atoms with Crippen LogP contribution in [0.4, 0.5) is 5.69 Å². The van der Waals surface area contributed by atoms with Crippen LogP contribution in [0, 0.1) is 13.8 Å². The molecule has 0 bridgehead atoms. The van der Waals surface area contributed by atoms with Crippen molar-refractivity contribution in [3.63, 3.8) is 0 Å². The van der Waals surface area contributed by atoms with Gasteiger partial charge in [0, 0.05) is 11.4 Å². The van der Waals surface area contributed by atoms with Crippen LogP contribution < -0.4 is 5.73 Å². The molecule has 98 valence electrons. The lowest BCUT2D eigenvalue weighted by Gasteiger charge is -2.04. The fourth-order valence-corrected chi connectivity index (χ4v) is 2.37. The highest BCUT2D eigenvalue weighted by Crippen LogP contribution is 2.25. The monoisotopic (exact) mass is 276 g/mol. The Labute approximate surface area is 114 Å². The average Bonchev–Trinajstić information content (AvgIpc) is 2.30. The van der Waals surface area contributed by atoms with E-state index in [9.17, 15) is 4.79 Å². The van der Waals surface area contributed by atoms with E-state index < -0.39 is 5.97 Å². The maximum absolute atomic E-state index is 11.0. The van der Waals surface area contributed by atoms with Gasteiger partial charge >= 0.3 is 5.97 Å². The molecule has 0 aliphatic heterocycles. The molecule has 0 saturated carbocycles. The molecule has 0 amide bonds. The van der Waals surface area contributed by atoms with Gasteiger partial charge in [0.25, 0.3) is 0 Å². The molecule has 6 nitrogen and oxygen atoms in total. The highest BCUT2D eigenvalue weighted by molar-refractivity contribution is 7.99. The first-order valence-electron chi connectivity index (χ1n) is 5.44. The van der Waals surface area contributed by atoms with Crippen molar-refractivity contribution in [2.75, 3.05) is 5.73 Å². The quantitative estimate of drug-likeness (QED) is 0.825. The number of rotatable bonds is 3. The molecule has 2 heterocycles. The Hall–Kier alpha value is -2.15. The molecule has 0 atom stereocenters. The first-order chi connectivity index (χ1) is 8.95. The Bertz CT molecular complexity index is 625. The summed E-state index contributed by atoms with van der Waals surface area (Å²) in [7, 11) is 0. The van der Waals surface area contributed by atoms with E-state index in [2.05, 4.69) is 15.0 Å². The lowest BCUT2D eigenvalue weighted by atomic mass is 10.2. The lowest BCUT2D eigenvalue weighted by molar-refractivity contribution is 0.0697. The van der Waals surface area contributed by atoms with Gasteiger partial charge in [-0.15, -0.1) is 0 Å². The third-order valence-corrected chi connectivity index (χ3v) is 3.10. The minimum Gasteiger partial charge on any atom is -0.478 e. The van der Waals surface area contributed by atoms with Crippen LogP contribution >= 0.6 is 11.8 Å². The number of anilines is 1. The maximum Gasteiger partial charge on any atom is 0.337 e. The van der Waals surface area contributed by atoms with Crippen LogP contribution in [0.1, 0.15) is 21.7 Å². The fourth-order valence-electron chi connectivity index (χ4n) is 1.52. The lowest BCUT2D eigenvalue weighted by Crippen LogP contribution is -2.03. The maximum atomic E-state index is 11.0. The summed E-state index contributed by atoms with van der Waals surface area (Å²) in [5.41, 5.74) is 7.42. The smallest absolute Gasteiger partial charge is 0.337 e. The largest absolute Gasteiger partial charge is 0.478 e. The van der Waals surface area contributed by atoms with Crippen molar-refractivity contribution < 1.29 is 9.90 Å². The summed E-state index contributed by atoms with van der Waals surface area (Å²) in [6.07, 6.45) is 1.33. The summed E-state index contributed by atoms with van der Waals surface area (Å²) >= 11 is 1.20. The SMILES string of the molecule is Cc1cc(C)nc(Sc2cc(C(=O)O)c(N)cn2)n1. The predicted molar refractivity (Wildman–Crippen MR) is 71.2 cm³/mol. The van der Waals surface area contributed by atoms with Gasteiger partial charge in [-0.3, -0.25) is 0 Å². The van der Waals surface area contributed by atoms with Crippen molar-refractivity contribution in [2.24, 2.45) is 0 Å². The van der Waals surface area contributed by atoms with Crippen LogP contribution in [0.2, 0.25) is 0 Å². The van der Waals surface area contributed by atoms with E-state index >= 15 is 0 Å². The molecule has 0 saturated heterocycles. The Kier molecular flexibility index (Phi) is 3.66. The van der Waals surface area contributed by atoms with E-state index in [1.807, 2.05) is 19.9 Å². The van der Waals surface area contributed by atoms with Crippen LogP contribution in [0.5, 0.6) is 0 Å². The molecular weight excluding hydrogens is 264 g/mol. The zero-order chi connectivity index (χ0) is 14.0. The number of hydrogen-bond donors (Lipinski definition) is 2. The molecule has 7 heteroatoms. The van der Waals surface area contributed by atoms with Crippen LogP contribution in [0.15, 0.2) is 28.5 Å². The second kappa shape index (κ2) is 5.23. The molecule has 0 aromatic carbocycles. The second-order valence-electron chi connectivity index (χ2n) is 3.95. The second-order valence-corrected chi connectivity index (χ2v) is 4.94. The molecule has 0 radical (unpaired) electrons. The third-order valence-electron chi connectivity index (χ3n) is 2.30. The van der Waals surface area contributed by atoms with E-state index in [4.69, 9.17) is 10.8 Å². The summed E-state index contributed by atoms with van der Waals surface area (Å²) < 4.78 is 0. The number of carboxylic acids is 1. The Morgan fingerprint density at radius 2 is 1.89 bits per heavy atom. The van der Waals surface area contributed by atoms with Crippen molar-refractivity contribution >= 4 is 23.4 Å². The summed E-state index contributed by atoms with van der Waals surface area (Å²) in [6.45, 7) is 3.75. The summed E-state index contributed by atoms with van der Waals surface area (Å²) in [5, 5.41) is 10.0. The average molecular weight is 276 g/mol. The molecule has 0 unspecified atom stereocenters. The minimum atomic E-state index is -1.08. The molecule has 0 aliphatic rings. The van der Waals surface area contributed by atoms with Crippen LogP contribution in [0.3, 0.4) is 0 Å². The number of carboxylic acid groups (broad SMARTS) is 1. The number of aromatic nitrogens is 3. The van der Waals surface area contributed by atoms with E-state index in [-0.39, 0.29) is 11.3 Å². The van der Waals surface area contributed by atoms with E-state index in [1.165, 1.54) is 24.0 Å². The summed E-state index contributed by atoms with van der Waals surface area (Å²) in [6, 6.07) is 3.28. The predicted octanol–water partition coefficient (Wildman–Crippen LogP) is 1.92. The van der Waals surface area contributed by atoms with Gasteiger partial charge in [-0.05, 0) is 37.7 Å². The Morgan fingerprint density at radius 3 is 2.47 bits per heavy atom. The number of nitrogens with two attached hydrogens (primary N) is 1. The summed E-state index contributed by atoms with van der Waals surface area (Å²) in [5.74, 6) is -1.08. The number of hydrogen-bond acceptors (Lipinski definition) is 6. The van der Waals surface area contributed by atoms with Crippen molar-refractivity contribution in [3.05, 3.63) is 35.3 Å². The van der Waals surface area contributed by atoms with Gasteiger partial charge in [0.05, 0.1) is 17.4 Å². The van der Waals surface area contributed by atoms with Crippen molar-refractivity contribution in [1.29, 1.82) is 0 Å². The standard InChI is InChI=1S/C12H12N4O2S/c1-6-3-7(2)16-12(15-6)19-10-4-8(11(17)18)9(13)5-14-10/h3-5H,13H2,1-2H3,(H,17,18). The van der Waals surface area contributed by atoms with Gasteiger partial charge in [0.2, 0.25) is 0 Å². The van der Waals surface area contributed by atoms with Gasteiger partial charge in [-0.25, -0.2) is 19.7 Å². The number of nitrogens with zero attached hydrogens (tertiary/aromatic N) is 3. The van der Waals surface area contributed by atoms with E-state index in [1.54, 1.807) is 0 Å². The first kappa shape index (κ1) is 13.3. The van der Waals surface area contributed by atoms with Gasteiger partial charge in [-0.1, -0.05) is 0 Å². The summed E-state index contributed by atoms with van der Waals surface area (Å²) in [4.78, 5) is 23.6. The van der Waals surface area contributed by atoms with Crippen LogP contribution in [-0.4, -0.2) is 26.0 Å². The Morgan fingerprint density at radius 1 is 1.26 bits per heavy atom. The molecule has 0 fully saturated rings. The van der Waals surface area contributed by atoms with Crippen LogP contribution in [0.25, 0.3) is 0 Å². The van der Waals surface area contributed by atoms with Gasteiger partial charge in [0.15, 0.2) is 5.16 Å². The molecule has 0 spiro atoms. The Balaban J connectivity index is 2.33. The van der Waals surface area contributed by atoms with Gasteiger partial charge < -0.3 is 10.8 Å². The molecule has 2 aromatic rings. The molecule has 19 heavy (non-hydrogen) atoms. The van der Waals surface area contributed by atoms with E-state index in [0.717, 1.165) is 11.4 Å². The first-order valence-corrected chi connectivity index (χ1v) is 6.26. The molecular formula is C12H12N4O2S. The zero-order valence-corrected chi connectivity index (χ0v) is 11.2. The number of nitrogen functional groups attached to an aromatic ring is 1. The normalized spacial score (nSPS) is 10.4. The number of aryl methyl sites for hydroxylation is 2. The highest BCUT2D eigenvalue weighted by atomic mass is 32.2. The van der Waals surface area contributed by atoms with Crippen molar-refractivity contribution in [3.8, 4) is 0 Å². The minimum absolute atomic E-state index is 0.0295. The van der Waals surface area contributed by atoms with Crippen molar-refractivity contribution in [1.82, 2.24) is 15.0 Å². The highest BCUT2D eigenvalue weighted by Gasteiger charge is 2.11. The molecule has 0 aliphatic carbocycles. The number of carbonyl (C=O) groups is 1. The van der Waals surface area contributed by atoms with Crippen LogP contribution in [-0.2, 0) is 0 Å².